The number of rotatable bonds is 10. The van der Waals surface area contributed by atoms with Crippen molar-refractivity contribution in [1.82, 2.24) is 29.9 Å². The highest BCUT2D eigenvalue weighted by atomic mass is 19.4. The second kappa shape index (κ2) is 12.0. The highest BCUT2D eigenvalue weighted by molar-refractivity contribution is 5.64. The van der Waals surface area contributed by atoms with Gasteiger partial charge in [-0.15, -0.1) is 16.8 Å². The molecular formula is C34H42F3N7. The minimum absolute atomic E-state index is 0.0713. The lowest BCUT2D eigenvalue weighted by molar-refractivity contribution is -0.0909. The summed E-state index contributed by atoms with van der Waals surface area (Å²) in [6.07, 6.45) is 10.3. The van der Waals surface area contributed by atoms with Crippen molar-refractivity contribution >= 4 is 5.69 Å². The van der Waals surface area contributed by atoms with Crippen LogP contribution in [-0.4, -0.2) is 64.0 Å². The van der Waals surface area contributed by atoms with Gasteiger partial charge in [0.05, 0.1) is 11.3 Å². The second-order valence-corrected chi connectivity index (χ2v) is 12.7. The summed E-state index contributed by atoms with van der Waals surface area (Å²) in [7, 11) is 3.90. The van der Waals surface area contributed by atoms with Crippen molar-refractivity contribution in [2.75, 3.05) is 38.1 Å². The Morgan fingerprint density at radius 3 is 2.55 bits per heavy atom. The maximum absolute atomic E-state index is 14.5. The molecular weight excluding hydrogens is 563 g/mol. The molecule has 7 nitrogen and oxygen atoms in total. The molecule has 0 bridgehead atoms. The summed E-state index contributed by atoms with van der Waals surface area (Å²) >= 11 is 0. The van der Waals surface area contributed by atoms with E-state index in [1.165, 1.54) is 12.5 Å². The summed E-state index contributed by atoms with van der Waals surface area (Å²) in [6.45, 7) is 11.3. The van der Waals surface area contributed by atoms with Gasteiger partial charge in [-0.1, -0.05) is 31.2 Å². The van der Waals surface area contributed by atoms with E-state index in [1.54, 1.807) is 22.3 Å². The van der Waals surface area contributed by atoms with E-state index in [9.17, 15) is 13.2 Å². The molecule has 1 saturated carbocycles. The van der Waals surface area contributed by atoms with Gasteiger partial charge < -0.3 is 19.7 Å². The van der Waals surface area contributed by atoms with Crippen molar-refractivity contribution in [3.05, 3.63) is 102 Å². The summed E-state index contributed by atoms with van der Waals surface area (Å²) < 4.78 is 45.4. The quantitative estimate of drug-likeness (QED) is 0.315. The number of nitrogens with one attached hydrogen (secondary N) is 1. The highest BCUT2D eigenvalue weighted by Crippen LogP contribution is 2.46. The number of fused-ring (bicyclic) bond motifs is 1. The van der Waals surface area contributed by atoms with Crippen LogP contribution in [0, 0.1) is 11.3 Å². The molecule has 3 aliphatic heterocycles. The fraction of sp³-hybridized carbons (Fsp3) is 0.471. The molecule has 4 aliphatic rings. The number of nitrogens with zero attached hydrogens (tertiary/aromatic N) is 6. The van der Waals surface area contributed by atoms with E-state index in [0.717, 1.165) is 68.8 Å². The predicted molar refractivity (Wildman–Crippen MR) is 167 cm³/mol. The topological polar surface area (TPSA) is 52.5 Å². The molecule has 10 heteroatoms. The Morgan fingerprint density at radius 1 is 1.16 bits per heavy atom. The fourth-order valence-electron chi connectivity index (χ4n) is 7.05. The molecule has 6 rings (SSSR count). The number of piperidine rings is 1. The first-order valence-corrected chi connectivity index (χ1v) is 15.6. The van der Waals surface area contributed by atoms with Crippen molar-refractivity contribution in [2.45, 2.75) is 50.6 Å². The average molecular weight is 606 g/mol. The van der Waals surface area contributed by atoms with E-state index in [1.807, 2.05) is 37.0 Å². The van der Waals surface area contributed by atoms with Crippen LogP contribution < -0.4 is 10.2 Å². The zero-order valence-electron chi connectivity index (χ0n) is 25.7. The van der Waals surface area contributed by atoms with Gasteiger partial charge in [-0.05, 0) is 99.5 Å². The maximum Gasteiger partial charge on any atom is 0.418 e. The van der Waals surface area contributed by atoms with Crippen LogP contribution >= 0.6 is 0 Å². The molecule has 1 aromatic heterocycles. The number of anilines is 1. The van der Waals surface area contributed by atoms with Crippen molar-refractivity contribution in [2.24, 2.45) is 18.4 Å². The van der Waals surface area contributed by atoms with E-state index in [-0.39, 0.29) is 17.0 Å². The van der Waals surface area contributed by atoms with Gasteiger partial charge in [0.25, 0.3) is 0 Å². The summed E-state index contributed by atoms with van der Waals surface area (Å²) in [5, 5.41) is 11.8. The zero-order chi connectivity index (χ0) is 31.1. The standard InChI is InChI=1S/C34H42F3N7/c1-5-33(12-15-38-3)13-16-42(17-14-33)20-25-18-29(34(35,36)37)30-22-43(24(2)44(30)21-25)28-11-7-10-27(19-28)31(26-8-6-9-26)32-40-39-23-41(32)4/h5,7,10-11,18-19,21-23,26,31,38H,1-2,6,8-9,12-17,20H2,3-4H3. The molecule has 1 unspecified atom stereocenters. The molecule has 1 aliphatic carbocycles. The van der Waals surface area contributed by atoms with Gasteiger partial charge in [0.2, 0.25) is 0 Å². The lowest BCUT2D eigenvalue weighted by Crippen LogP contribution is -2.41. The fourth-order valence-corrected chi connectivity index (χ4v) is 7.05. The molecule has 234 valence electrons. The van der Waals surface area contributed by atoms with E-state index >= 15 is 0 Å². The Labute approximate surface area is 258 Å². The summed E-state index contributed by atoms with van der Waals surface area (Å²) in [5.74, 6) is 1.91. The Kier molecular flexibility index (Phi) is 8.32. The summed E-state index contributed by atoms with van der Waals surface area (Å²) in [4.78, 5) is 5.62. The first-order valence-electron chi connectivity index (χ1n) is 15.6. The number of likely N-dealkylation sites (tertiary alicyclic amines) is 1. The first-order chi connectivity index (χ1) is 21.1. The smallest absolute Gasteiger partial charge is 0.320 e. The molecule has 2 fully saturated rings. The maximum atomic E-state index is 14.5. The largest absolute Gasteiger partial charge is 0.418 e. The molecule has 1 N–H and O–H groups in total. The van der Waals surface area contributed by atoms with E-state index < -0.39 is 11.7 Å². The van der Waals surface area contributed by atoms with Gasteiger partial charge in [-0.25, -0.2) is 0 Å². The zero-order valence-corrected chi connectivity index (χ0v) is 25.7. The molecule has 2 aromatic rings. The van der Waals surface area contributed by atoms with E-state index in [0.29, 0.717) is 23.9 Å². The van der Waals surface area contributed by atoms with Gasteiger partial charge in [-0.2, -0.15) is 13.2 Å². The van der Waals surface area contributed by atoms with E-state index in [2.05, 4.69) is 51.8 Å². The summed E-state index contributed by atoms with van der Waals surface area (Å²) in [5.41, 5.74) is 2.00. The average Bonchev–Trinajstić information content (AvgIpc) is 3.56. The van der Waals surface area contributed by atoms with Crippen LogP contribution in [0.4, 0.5) is 18.9 Å². The molecule has 0 spiro atoms. The van der Waals surface area contributed by atoms with Crippen LogP contribution in [0.3, 0.4) is 0 Å². The number of alkyl halides is 3. The molecule has 44 heavy (non-hydrogen) atoms. The SMILES string of the molecule is C=CC1(CCNC)CCN(CC2=CN3C(=C)N(c4cccc(C(c5nncn5C)C5CCC5)c4)C=C3C(C(F)(F)F)=C2)CC1. The Hall–Kier alpha value is -3.63. The third-order valence-corrected chi connectivity index (χ3v) is 9.99. The third kappa shape index (κ3) is 5.77. The summed E-state index contributed by atoms with van der Waals surface area (Å²) in [6, 6.07) is 8.04. The van der Waals surface area contributed by atoms with Crippen LogP contribution in [0.1, 0.15) is 55.8 Å². The van der Waals surface area contributed by atoms with Crippen LogP contribution in [0.5, 0.6) is 0 Å². The Bertz CT molecular complexity index is 1490. The number of halogens is 3. The number of hydrogen-bond acceptors (Lipinski definition) is 6. The molecule has 0 radical (unpaired) electrons. The minimum Gasteiger partial charge on any atom is -0.320 e. The van der Waals surface area contributed by atoms with Crippen molar-refractivity contribution in [3.8, 4) is 0 Å². The number of allylic oxidation sites excluding steroid dienone is 2. The number of hydrogen-bond donors (Lipinski definition) is 1. The second-order valence-electron chi connectivity index (χ2n) is 12.7. The van der Waals surface area contributed by atoms with Gasteiger partial charge in [0.1, 0.15) is 18.0 Å². The highest BCUT2D eigenvalue weighted by Gasteiger charge is 2.44. The van der Waals surface area contributed by atoms with Gasteiger partial charge in [-0.3, -0.25) is 4.90 Å². The molecule has 1 atom stereocenters. The van der Waals surface area contributed by atoms with Crippen LogP contribution in [-0.2, 0) is 7.05 Å². The van der Waals surface area contributed by atoms with Gasteiger partial charge >= 0.3 is 6.18 Å². The van der Waals surface area contributed by atoms with E-state index in [4.69, 9.17) is 0 Å². The van der Waals surface area contributed by atoms with Crippen LogP contribution in [0.2, 0.25) is 0 Å². The van der Waals surface area contributed by atoms with Gasteiger partial charge in [0.15, 0.2) is 0 Å². The molecule has 0 amide bonds. The molecule has 4 heterocycles. The van der Waals surface area contributed by atoms with Crippen molar-refractivity contribution in [3.63, 3.8) is 0 Å². The number of benzene rings is 1. The normalized spacial score (nSPS) is 21.4. The number of aryl methyl sites for hydroxylation is 1. The minimum atomic E-state index is -4.50. The molecule has 1 saturated heterocycles. The predicted octanol–water partition coefficient (Wildman–Crippen LogP) is 6.45. The Morgan fingerprint density at radius 2 is 1.93 bits per heavy atom. The lowest BCUT2D eigenvalue weighted by atomic mass is 9.72. The van der Waals surface area contributed by atoms with Crippen molar-refractivity contribution < 1.29 is 13.2 Å². The first kappa shape index (κ1) is 30.4. The monoisotopic (exact) mass is 605 g/mol. The van der Waals surface area contributed by atoms with Crippen LogP contribution in [0.15, 0.2) is 91.0 Å². The lowest BCUT2D eigenvalue weighted by Gasteiger charge is -2.40. The Balaban J connectivity index is 1.25. The van der Waals surface area contributed by atoms with Gasteiger partial charge in [0, 0.05) is 37.6 Å². The number of aromatic nitrogens is 3. The third-order valence-electron chi connectivity index (χ3n) is 9.99. The molecule has 1 aromatic carbocycles. The van der Waals surface area contributed by atoms with Crippen LogP contribution in [0.25, 0.3) is 0 Å². The van der Waals surface area contributed by atoms with Crippen molar-refractivity contribution in [1.29, 1.82) is 0 Å².